The lowest BCUT2D eigenvalue weighted by Gasteiger charge is -2.30. The smallest absolute Gasteiger partial charge is 0.336 e. The Morgan fingerprint density at radius 1 is 0.854 bits per heavy atom. The van der Waals surface area contributed by atoms with Crippen molar-refractivity contribution in [3.8, 4) is 22.7 Å². The zero-order valence-electron chi connectivity index (χ0n) is 23.4. The number of methoxy groups -OCH3 is 2. The molecule has 1 aromatic heterocycles. The fourth-order valence-electron chi connectivity index (χ4n) is 5.18. The van der Waals surface area contributed by atoms with Crippen molar-refractivity contribution in [2.75, 3.05) is 14.2 Å². The molecule has 0 radical (unpaired) electrons. The third-order valence-corrected chi connectivity index (χ3v) is 7.16. The maximum Gasteiger partial charge on any atom is 0.336 e. The second-order valence-electron chi connectivity index (χ2n) is 9.73. The van der Waals surface area contributed by atoms with Crippen LogP contribution in [-0.4, -0.2) is 41.7 Å². The van der Waals surface area contributed by atoms with E-state index in [0.717, 1.165) is 16.8 Å². The highest BCUT2D eigenvalue weighted by Crippen LogP contribution is 2.43. The molecule has 0 aliphatic carbocycles. The molecule has 3 aromatic carbocycles. The van der Waals surface area contributed by atoms with Crippen LogP contribution in [-0.2, 0) is 25.7 Å². The molecule has 2 atom stereocenters. The minimum atomic E-state index is -0.835. The third kappa shape index (κ3) is 5.68. The van der Waals surface area contributed by atoms with Gasteiger partial charge in [0, 0.05) is 34.7 Å². The number of allylic oxidation sites excluding steroid dienone is 1. The number of nitrogens with zero attached hydrogens (tertiary/aromatic N) is 3. The first-order chi connectivity index (χ1) is 19.9. The van der Waals surface area contributed by atoms with Gasteiger partial charge in [0.15, 0.2) is 0 Å². The Kier molecular flexibility index (Phi) is 8.10. The standard InChI is InChI=1S/C33H31N3O5/c1-21-28(32(37)39-3)30(29(22(2)34-21)33(38)40-4)27-19-36(25-13-9-6-10-14-25)35-31(27)24-15-17-26(18-16-24)41-20-23-11-7-5-8-12-23/h5-19,28,30H,20H2,1-4H3. The Bertz CT molecular complexity index is 1610. The van der Waals surface area contributed by atoms with Gasteiger partial charge in [0.1, 0.15) is 18.3 Å². The lowest BCUT2D eigenvalue weighted by atomic mass is 9.75. The van der Waals surface area contributed by atoms with Crippen LogP contribution in [0.2, 0.25) is 0 Å². The molecule has 0 N–H and O–H groups in total. The molecule has 1 aliphatic heterocycles. The van der Waals surface area contributed by atoms with Crippen LogP contribution in [0.1, 0.15) is 30.9 Å². The zero-order valence-corrected chi connectivity index (χ0v) is 23.4. The highest BCUT2D eigenvalue weighted by molar-refractivity contribution is 6.07. The van der Waals surface area contributed by atoms with E-state index in [9.17, 15) is 9.59 Å². The number of para-hydroxylation sites is 1. The number of rotatable bonds is 8. The quantitative estimate of drug-likeness (QED) is 0.254. The molecule has 2 unspecified atom stereocenters. The van der Waals surface area contributed by atoms with Crippen molar-refractivity contribution in [1.82, 2.24) is 9.78 Å². The van der Waals surface area contributed by atoms with Gasteiger partial charge in [0.05, 0.1) is 31.2 Å². The molecule has 0 amide bonds. The van der Waals surface area contributed by atoms with E-state index in [4.69, 9.17) is 19.3 Å². The van der Waals surface area contributed by atoms with Crippen LogP contribution in [0.3, 0.4) is 0 Å². The van der Waals surface area contributed by atoms with Gasteiger partial charge in [0.25, 0.3) is 0 Å². The Labute approximate surface area is 238 Å². The molecule has 4 aromatic rings. The molecule has 0 saturated heterocycles. The van der Waals surface area contributed by atoms with Gasteiger partial charge in [-0.25, -0.2) is 9.48 Å². The van der Waals surface area contributed by atoms with Crippen molar-refractivity contribution in [1.29, 1.82) is 0 Å². The van der Waals surface area contributed by atoms with Crippen LogP contribution >= 0.6 is 0 Å². The van der Waals surface area contributed by atoms with Crippen molar-refractivity contribution in [2.45, 2.75) is 26.4 Å². The van der Waals surface area contributed by atoms with E-state index in [1.165, 1.54) is 14.2 Å². The normalized spacial score (nSPS) is 16.6. The summed E-state index contributed by atoms with van der Waals surface area (Å²) in [7, 11) is 2.65. The molecule has 0 fully saturated rings. The average molecular weight is 550 g/mol. The van der Waals surface area contributed by atoms with Crippen molar-refractivity contribution < 1.29 is 23.8 Å². The Morgan fingerprint density at radius 2 is 1.51 bits per heavy atom. The van der Waals surface area contributed by atoms with Gasteiger partial charge in [-0.2, -0.15) is 5.10 Å². The molecule has 1 aliphatic rings. The van der Waals surface area contributed by atoms with E-state index in [1.54, 1.807) is 18.5 Å². The van der Waals surface area contributed by atoms with Gasteiger partial charge in [-0.05, 0) is 55.8 Å². The predicted octanol–water partition coefficient (Wildman–Crippen LogP) is 5.91. The fourth-order valence-corrected chi connectivity index (χ4v) is 5.18. The summed E-state index contributed by atoms with van der Waals surface area (Å²) in [6.45, 7) is 3.96. The summed E-state index contributed by atoms with van der Waals surface area (Å²) in [5, 5.41) is 4.95. The van der Waals surface area contributed by atoms with E-state index in [0.29, 0.717) is 40.6 Å². The van der Waals surface area contributed by atoms with Crippen molar-refractivity contribution in [3.63, 3.8) is 0 Å². The molecular weight excluding hydrogens is 518 g/mol. The summed E-state index contributed by atoms with van der Waals surface area (Å²) in [6, 6.07) is 27.2. The van der Waals surface area contributed by atoms with E-state index in [1.807, 2.05) is 91.1 Å². The Balaban J connectivity index is 1.62. The Morgan fingerprint density at radius 3 is 2.15 bits per heavy atom. The van der Waals surface area contributed by atoms with Crippen LogP contribution in [0.25, 0.3) is 16.9 Å². The number of benzene rings is 3. The summed E-state index contributed by atoms with van der Waals surface area (Å²) >= 11 is 0. The summed E-state index contributed by atoms with van der Waals surface area (Å²) < 4.78 is 18.1. The van der Waals surface area contributed by atoms with Gasteiger partial charge < -0.3 is 14.2 Å². The summed E-state index contributed by atoms with van der Waals surface area (Å²) in [5.74, 6) is -1.90. The largest absolute Gasteiger partial charge is 0.489 e. The first-order valence-corrected chi connectivity index (χ1v) is 13.3. The molecule has 208 valence electrons. The first-order valence-electron chi connectivity index (χ1n) is 13.3. The molecule has 0 bridgehead atoms. The van der Waals surface area contributed by atoms with Gasteiger partial charge in [0.2, 0.25) is 0 Å². The van der Waals surface area contributed by atoms with Gasteiger partial charge in [-0.3, -0.25) is 9.79 Å². The second kappa shape index (κ2) is 12.0. The highest BCUT2D eigenvalue weighted by Gasteiger charge is 2.44. The summed E-state index contributed by atoms with van der Waals surface area (Å²) in [5.41, 5.74) is 5.33. The molecule has 41 heavy (non-hydrogen) atoms. The molecule has 2 heterocycles. The highest BCUT2D eigenvalue weighted by atomic mass is 16.5. The molecule has 8 nitrogen and oxygen atoms in total. The molecule has 0 spiro atoms. The first kappa shape index (κ1) is 27.6. The van der Waals surface area contributed by atoms with E-state index in [-0.39, 0.29) is 0 Å². The minimum Gasteiger partial charge on any atom is -0.489 e. The van der Waals surface area contributed by atoms with E-state index >= 15 is 0 Å². The lowest BCUT2D eigenvalue weighted by molar-refractivity contribution is -0.143. The monoisotopic (exact) mass is 549 g/mol. The van der Waals surface area contributed by atoms with E-state index in [2.05, 4.69) is 4.99 Å². The van der Waals surface area contributed by atoms with Crippen molar-refractivity contribution >= 4 is 17.7 Å². The fraction of sp³-hybridized carbons (Fsp3) is 0.212. The van der Waals surface area contributed by atoms with Crippen LogP contribution in [0.4, 0.5) is 0 Å². The average Bonchev–Trinajstić information content (AvgIpc) is 3.45. The predicted molar refractivity (Wildman–Crippen MR) is 156 cm³/mol. The van der Waals surface area contributed by atoms with Crippen LogP contribution < -0.4 is 4.74 Å². The maximum atomic E-state index is 13.2. The zero-order chi connectivity index (χ0) is 28.9. The number of hydrogen-bond donors (Lipinski definition) is 0. The second-order valence-corrected chi connectivity index (χ2v) is 9.73. The van der Waals surface area contributed by atoms with Gasteiger partial charge in [-0.15, -0.1) is 0 Å². The number of aliphatic imine (C=N–C) groups is 1. The number of carbonyl (C=O) groups is 2. The maximum absolute atomic E-state index is 13.2. The number of ether oxygens (including phenoxy) is 3. The number of aromatic nitrogens is 2. The van der Waals surface area contributed by atoms with Crippen molar-refractivity contribution in [2.24, 2.45) is 10.9 Å². The van der Waals surface area contributed by atoms with Crippen LogP contribution in [0.15, 0.2) is 107 Å². The SMILES string of the molecule is COC(=O)C1=C(C)N=C(C)C(C(=O)OC)C1c1cn(-c2ccccc2)nc1-c1ccc(OCc2ccccc2)cc1. The lowest BCUT2D eigenvalue weighted by Crippen LogP contribution is -2.36. The molecule has 8 heteroatoms. The molecule has 5 rings (SSSR count). The van der Waals surface area contributed by atoms with Crippen LogP contribution in [0, 0.1) is 5.92 Å². The van der Waals surface area contributed by atoms with Crippen molar-refractivity contribution in [3.05, 3.63) is 114 Å². The summed E-state index contributed by atoms with van der Waals surface area (Å²) in [6.07, 6.45) is 1.86. The van der Waals surface area contributed by atoms with Crippen LogP contribution in [0.5, 0.6) is 5.75 Å². The minimum absolute atomic E-state index is 0.296. The third-order valence-electron chi connectivity index (χ3n) is 7.16. The summed E-state index contributed by atoms with van der Waals surface area (Å²) in [4.78, 5) is 30.8. The number of carbonyl (C=O) groups excluding carboxylic acids is 2. The number of esters is 2. The number of hydrogen-bond acceptors (Lipinski definition) is 7. The van der Waals surface area contributed by atoms with Gasteiger partial charge in [-0.1, -0.05) is 48.5 Å². The van der Waals surface area contributed by atoms with Gasteiger partial charge >= 0.3 is 11.9 Å². The molecule has 0 saturated carbocycles. The topological polar surface area (TPSA) is 92.0 Å². The Hall–Kier alpha value is -4.98. The van der Waals surface area contributed by atoms with E-state index < -0.39 is 23.8 Å². The molecular formula is C33H31N3O5.